The van der Waals surface area contributed by atoms with E-state index in [1.165, 1.54) is 31.2 Å². The molecule has 1 saturated carbocycles. The molecule has 0 aromatic heterocycles. The highest BCUT2D eigenvalue weighted by molar-refractivity contribution is 6.27. The Labute approximate surface area is 135 Å². The van der Waals surface area contributed by atoms with Crippen LogP contribution in [0.25, 0.3) is 0 Å². The number of nitrogens with one attached hydrogen (secondary N) is 1. The third-order valence-electron chi connectivity index (χ3n) is 3.54. The van der Waals surface area contributed by atoms with Crippen LogP contribution >= 0.6 is 0 Å². The molecule has 1 aliphatic carbocycles. The number of methoxy groups -OCH3 is 2. The number of rotatable bonds is 5. The number of carboxylic acid groups (broad SMARTS) is 2. The minimum atomic E-state index is -1.82. The van der Waals surface area contributed by atoms with Crippen molar-refractivity contribution in [3.8, 4) is 11.5 Å². The molecule has 23 heavy (non-hydrogen) atoms. The van der Waals surface area contributed by atoms with Crippen LogP contribution in [-0.4, -0.2) is 42.4 Å². The number of hydrogen-bond donors (Lipinski definition) is 3. The molecule has 0 atom stereocenters. The zero-order valence-electron chi connectivity index (χ0n) is 13.4. The van der Waals surface area contributed by atoms with E-state index >= 15 is 0 Å². The summed E-state index contributed by atoms with van der Waals surface area (Å²) < 4.78 is 10.5. The summed E-state index contributed by atoms with van der Waals surface area (Å²) in [5.41, 5.74) is 1.22. The van der Waals surface area contributed by atoms with Crippen molar-refractivity contribution < 1.29 is 29.3 Å². The maximum atomic E-state index is 9.10. The summed E-state index contributed by atoms with van der Waals surface area (Å²) >= 11 is 0. The van der Waals surface area contributed by atoms with E-state index < -0.39 is 11.9 Å². The number of carboxylic acids is 2. The van der Waals surface area contributed by atoms with Crippen LogP contribution in [0.5, 0.6) is 11.5 Å². The highest BCUT2D eigenvalue weighted by atomic mass is 16.5. The Morgan fingerprint density at radius 2 is 1.52 bits per heavy atom. The molecule has 0 unspecified atom stereocenters. The predicted molar refractivity (Wildman–Crippen MR) is 83.9 cm³/mol. The fourth-order valence-electron chi connectivity index (χ4n) is 2.36. The summed E-state index contributed by atoms with van der Waals surface area (Å²) in [5.74, 6) is -1.94. The van der Waals surface area contributed by atoms with Gasteiger partial charge in [0, 0.05) is 18.7 Å². The minimum Gasteiger partial charge on any atom is -0.497 e. The first-order chi connectivity index (χ1) is 11.0. The first-order valence-electron chi connectivity index (χ1n) is 7.37. The summed E-state index contributed by atoms with van der Waals surface area (Å²) in [6.45, 7) is 0.887. The van der Waals surface area contributed by atoms with Gasteiger partial charge in [-0.1, -0.05) is 12.8 Å². The van der Waals surface area contributed by atoms with Gasteiger partial charge in [0.05, 0.1) is 14.2 Å². The average Bonchev–Trinajstić information content (AvgIpc) is 3.06. The molecule has 0 heterocycles. The van der Waals surface area contributed by atoms with E-state index in [1.54, 1.807) is 14.2 Å². The molecule has 3 N–H and O–H groups in total. The SMILES string of the molecule is COc1cc(CNC2CCCC2)cc(OC)c1.O=C(O)C(=O)O. The van der Waals surface area contributed by atoms with Crippen molar-refractivity contribution in [2.45, 2.75) is 38.3 Å². The van der Waals surface area contributed by atoms with Crippen LogP contribution in [-0.2, 0) is 16.1 Å². The van der Waals surface area contributed by atoms with Crippen molar-refractivity contribution >= 4 is 11.9 Å². The van der Waals surface area contributed by atoms with Crippen LogP contribution in [0.2, 0.25) is 0 Å². The lowest BCUT2D eigenvalue weighted by Crippen LogP contribution is -2.25. The Morgan fingerprint density at radius 3 is 1.91 bits per heavy atom. The van der Waals surface area contributed by atoms with Gasteiger partial charge in [0.2, 0.25) is 0 Å². The maximum Gasteiger partial charge on any atom is 0.414 e. The zero-order valence-corrected chi connectivity index (χ0v) is 13.4. The van der Waals surface area contributed by atoms with Crippen LogP contribution in [0, 0.1) is 0 Å². The van der Waals surface area contributed by atoms with Gasteiger partial charge >= 0.3 is 11.9 Å². The van der Waals surface area contributed by atoms with Crippen molar-refractivity contribution in [2.24, 2.45) is 0 Å². The molecule has 0 saturated heterocycles. The molecule has 1 aromatic rings. The molecule has 0 aliphatic heterocycles. The number of hydrogen-bond acceptors (Lipinski definition) is 5. The number of aliphatic carboxylic acids is 2. The van der Waals surface area contributed by atoms with Gasteiger partial charge in [0.25, 0.3) is 0 Å². The van der Waals surface area contributed by atoms with Crippen LogP contribution < -0.4 is 14.8 Å². The highest BCUT2D eigenvalue weighted by Gasteiger charge is 2.14. The maximum absolute atomic E-state index is 9.10. The second kappa shape index (κ2) is 9.68. The molecule has 1 aromatic carbocycles. The molecule has 7 heteroatoms. The molecule has 1 aliphatic rings. The van der Waals surface area contributed by atoms with E-state index in [2.05, 4.69) is 17.4 Å². The molecule has 128 valence electrons. The van der Waals surface area contributed by atoms with E-state index in [0.29, 0.717) is 6.04 Å². The number of benzene rings is 1. The Kier molecular flexibility index (Phi) is 7.90. The lowest BCUT2D eigenvalue weighted by Gasteiger charge is -2.13. The molecule has 1 fully saturated rings. The fraction of sp³-hybridized carbons (Fsp3) is 0.500. The van der Waals surface area contributed by atoms with Gasteiger partial charge in [0.15, 0.2) is 0 Å². The van der Waals surface area contributed by atoms with Crippen LogP contribution in [0.4, 0.5) is 0 Å². The van der Waals surface area contributed by atoms with Crippen molar-refractivity contribution in [2.75, 3.05) is 14.2 Å². The van der Waals surface area contributed by atoms with E-state index in [4.69, 9.17) is 29.3 Å². The van der Waals surface area contributed by atoms with Gasteiger partial charge in [-0.2, -0.15) is 0 Å². The van der Waals surface area contributed by atoms with Crippen molar-refractivity contribution in [3.05, 3.63) is 23.8 Å². The van der Waals surface area contributed by atoms with E-state index in [-0.39, 0.29) is 0 Å². The monoisotopic (exact) mass is 325 g/mol. The molecule has 0 bridgehead atoms. The second-order valence-electron chi connectivity index (χ2n) is 5.19. The first kappa shape index (κ1) is 18.8. The molecule has 2 rings (SSSR count). The Morgan fingerprint density at radius 1 is 1.04 bits per heavy atom. The van der Waals surface area contributed by atoms with Crippen LogP contribution in [0.3, 0.4) is 0 Å². The van der Waals surface area contributed by atoms with Gasteiger partial charge in [-0.25, -0.2) is 9.59 Å². The third-order valence-corrected chi connectivity index (χ3v) is 3.54. The van der Waals surface area contributed by atoms with Crippen LogP contribution in [0.15, 0.2) is 18.2 Å². The molecular formula is C16H23NO6. The highest BCUT2D eigenvalue weighted by Crippen LogP contribution is 2.23. The summed E-state index contributed by atoms with van der Waals surface area (Å²) in [7, 11) is 3.37. The molecule has 7 nitrogen and oxygen atoms in total. The number of ether oxygens (including phenoxy) is 2. The molecular weight excluding hydrogens is 302 g/mol. The van der Waals surface area contributed by atoms with Gasteiger partial charge in [0.1, 0.15) is 11.5 Å². The molecule has 0 amide bonds. The summed E-state index contributed by atoms with van der Waals surface area (Å²) in [5, 5.41) is 18.4. The van der Waals surface area contributed by atoms with Crippen molar-refractivity contribution in [3.63, 3.8) is 0 Å². The fourth-order valence-corrected chi connectivity index (χ4v) is 2.36. The smallest absolute Gasteiger partial charge is 0.414 e. The lowest BCUT2D eigenvalue weighted by molar-refractivity contribution is -0.159. The van der Waals surface area contributed by atoms with Gasteiger partial charge < -0.3 is 25.0 Å². The summed E-state index contributed by atoms with van der Waals surface area (Å²) in [6, 6.07) is 6.71. The second-order valence-corrected chi connectivity index (χ2v) is 5.19. The van der Waals surface area contributed by atoms with E-state index in [0.717, 1.165) is 18.0 Å². The average molecular weight is 325 g/mol. The van der Waals surface area contributed by atoms with E-state index in [1.807, 2.05) is 6.07 Å². The normalized spacial score (nSPS) is 13.8. The first-order valence-corrected chi connectivity index (χ1v) is 7.37. The Balaban J connectivity index is 0.000000379. The predicted octanol–water partition coefficient (Wildman–Crippen LogP) is 1.89. The lowest BCUT2D eigenvalue weighted by atomic mass is 10.1. The van der Waals surface area contributed by atoms with Crippen molar-refractivity contribution in [1.82, 2.24) is 5.32 Å². The molecule has 0 spiro atoms. The van der Waals surface area contributed by atoms with Crippen LogP contribution in [0.1, 0.15) is 31.2 Å². The number of carbonyl (C=O) groups is 2. The Hall–Kier alpha value is -2.28. The van der Waals surface area contributed by atoms with Gasteiger partial charge in [-0.3, -0.25) is 0 Å². The quantitative estimate of drug-likeness (QED) is 0.710. The van der Waals surface area contributed by atoms with Gasteiger partial charge in [-0.15, -0.1) is 0 Å². The summed E-state index contributed by atoms with van der Waals surface area (Å²) in [4.78, 5) is 18.2. The minimum absolute atomic E-state index is 0.687. The van der Waals surface area contributed by atoms with Crippen molar-refractivity contribution in [1.29, 1.82) is 0 Å². The standard InChI is InChI=1S/C14H21NO2.C2H2O4/c1-16-13-7-11(8-14(9-13)17-2)10-15-12-5-3-4-6-12;3-1(4)2(5)6/h7-9,12,15H,3-6,10H2,1-2H3;(H,3,4)(H,5,6). The molecule has 0 radical (unpaired) electrons. The Bertz CT molecular complexity index is 491. The topological polar surface area (TPSA) is 105 Å². The van der Waals surface area contributed by atoms with Gasteiger partial charge in [-0.05, 0) is 30.5 Å². The third kappa shape index (κ3) is 7.01. The van der Waals surface area contributed by atoms with E-state index in [9.17, 15) is 0 Å². The zero-order chi connectivity index (χ0) is 17.2. The summed E-state index contributed by atoms with van der Waals surface area (Å²) in [6.07, 6.45) is 5.33. The largest absolute Gasteiger partial charge is 0.497 e.